The molecule has 1 N–H and O–H groups in total. The van der Waals surface area contributed by atoms with Crippen LogP contribution in [0.15, 0.2) is 36.9 Å². The summed E-state index contributed by atoms with van der Waals surface area (Å²) < 4.78 is 1.56. The van der Waals surface area contributed by atoms with Gasteiger partial charge in [-0.15, -0.1) is 0 Å². The van der Waals surface area contributed by atoms with Crippen LogP contribution in [0, 0.1) is 0 Å². The highest BCUT2D eigenvalue weighted by molar-refractivity contribution is 5.95. The Kier molecular flexibility index (Phi) is 4.88. The van der Waals surface area contributed by atoms with E-state index in [-0.39, 0.29) is 24.9 Å². The van der Waals surface area contributed by atoms with Crippen molar-refractivity contribution in [2.45, 2.75) is 26.3 Å². The zero-order chi connectivity index (χ0) is 16.1. The van der Waals surface area contributed by atoms with Crippen molar-refractivity contribution in [3.8, 4) is 5.69 Å². The standard InChI is InChI=1S/C15H18N4O3/c1-11(2)18(7-6-14(20)21)15(22)12-4-3-5-13(8-12)19-10-16-9-17-19/h3-5,8-11H,6-7H2,1-2H3,(H,20,21). The lowest BCUT2D eigenvalue weighted by Gasteiger charge is -2.26. The van der Waals surface area contributed by atoms with E-state index in [0.29, 0.717) is 5.56 Å². The summed E-state index contributed by atoms with van der Waals surface area (Å²) in [7, 11) is 0. The molecule has 0 saturated heterocycles. The summed E-state index contributed by atoms with van der Waals surface area (Å²) in [6, 6.07) is 6.93. The van der Waals surface area contributed by atoms with Gasteiger partial charge in [-0.05, 0) is 32.0 Å². The van der Waals surface area contributed by atoms with Crippen molar-refractivity contribution in [2.75, 3.05) is 6.54 Å². The monoisotopic (exact) mass is 302 g/mol. The van der Waals surface area contributed by atoms with Gasteiger partial charge >= 0.3 is 5.97 Å². The number of hydrogen-bond donors (Lipinski definition) is 1. The van der Waals surface area contributed by atoms with Gasteiger partial charge in [0.15, 0.2) is 0 Å². The van der Waals surface area contributed by atoms with E-state index in [1.54, 1.807) is 34.1 Å². The van der Waals surface area contributed by atoms with Crippen LogP contribution in [0.3, 0.4) is 0 Å². The van der Waals surface area contributed by atoms with Crippen molar-refractivity contribution < 1.29 is 14.7 Å². The lowest BCUT2D eigenvalue weighted by molar-refractivity contribution is -0.137. The quantitative estimate of drug-likeness (QED) is 0.875. The molecule has 7 nitrogen and oxygen atoms in total. The Morgan fingerprint density at radius 2 is 2.14 bits per heavy atom. The molecule has 0 bridgehead atoms. The molecule has 0 saturated carbocycles. The first-order valence-corrected chi connectivity index (χ1v) is 6.97. The van der Waals surface area contributed by atoms with Crippen LogP contribution in [0.4, 0.5) is 0 Å². The maximum Gasteiger partial charge on any atom is 0.305 e. The highest BCUT2D eigenvalue weighted by Crippen LogP contribution is 2.13. The summed E-state index contributed by atoms with van der Waals surface area (Å²) >= 11 is 0. The molecular formula is C15H18N4O3. The average Bonchev–Trinajstić information content (AvgIpc) is 3.01. The Hall–Kier alpha value is -2.70. The van der Waals surface area contributed by atoms with Gasteiger partial charge in [-0.2, -0.15) is 5.10 Å². The lowest BCUT2D eigenvalue weighted by Crippen LogP contribution is -2.38. The maximum atomic E-state index is 12.6. The molecule has 116 valence electrons. The number of amides is 1. The van der Waals surface area contributed by atoms with Gasteiger partial charge in [0.05, 0.1) is 12.1 Å². The normalized spacial score (nSPS) is 10.7. The number of carbonyl (C=O) groups excluding carboxylic acids is 1. The van der Waals surface area contributed by atoms with E-state index in [1.165, 1.54) is 6.33 Å². The number of carboxylic acid groups (broad SMARTS) is 1. The first-order chi connectivity index (χ1) is 10.5. The van der Waals surface area contributed by atoms with Crippen molar-refractivity contribution in [1.29, 1.82) is 0 Å². The molecule has 1 heterocycles. The number of aromatic nitrogens is 3. The molecule has 0 radical (unpaired) electrons. The van der Waals surface area contributed by atoms with Crippen LogP contribution in [0.2, 0.25) is 0 Å². The third-order valence-corrected chi connectivity index (χ3v) is 3.23. The van der Waals surface area contributed by atoms with Crippen LogP contribution in [-0.4, -0.2) is 49.2 Å². The van der Waals surface area contributed by atoms with Gasteiger partial charge in [-0.3, -0.25) is 9.59 Å². The fourth-order valence-corrected chi connectivity index (χ4v) is 2.10. The molecule has 0 atom stereocenters. The van der Waals surface area contributed by atoms with Crippen molar-refractivity contribution in [3.63, 3.8) is 0 Å². The number of aliphatic carboxylic acids is 1. The third kappa shape index (κ3) is 3.69. The zero-order valence-electron chi connectivity index (χ0n) is 12.5. The van der Waals surface area contributed by atoms with Gasteiger partial charge in [-0.25, -0.2) is 9.67 Å². The van der Waals surface area contributed by atoms with Gasteiger partial charge in [0.25, 0.3) is 5.91 Å². The molecule has 0 unspecified atom stereocenters. The van der Waals surface area contributed by atoms with Crippen LogP contribution < -0.4 is 0 Å². The predicted octanol–water partition coefficient (Wildman–Crippen LogP) is 1.59. The summed E-state index contributed by atoms with van der Waals surface area (Å²) in [5, 5.41) is 12.8. The van der Waals surface area contributed by atoms with E-state index < -0.39 is 5.97 Å². The molecule has 22 heavy (non-hydrogen) atoms. The summed E-state index contributed by atoms with van der Waals surface area (Å²) in [5.74, 6) is -1.12. The average molecular weight is 302 g/mol. The van der Waals surface area contributed by atoms with E-state index in [2.05, 4.69) is 10.1 Å². The zero-order valence-corrected chi connectivity index (χ0v) is 12.5. The summed E-state index contributed by atoms with van der Waals surface area (Å²) in [6.07, 6.45) is 2.89. The van der Waals surface area contributed by atoms with Crippen molar-refractivity contribution in [3.05, 3.63) is 42.5 Å². The molecule has 1 aromatic carbocycles. The number of benzene rings is 1. The minimum Gasteiger partial charge on any atom is -0.481 e. The summed E-state index contributed by atoms with van der Waals surface area (Å²) in [6.45, 7) is 3.90. The Balaban J connectivity index is 2.23. The van der Waals surface area contributed by atoms with Crippen molar-refractivity contribution in [2.24, 2.45) is 0 Å². The molecular weight excluding hydrogens is 284 g/mol. The molecule has 0 aliphatic heterocycles. The molecule has 0 spiro atoms. The second-order valence-corrected chi connectivity index (χ2v) is 5.13. The van der Waals surface area contributed by atoms with Gasteiger partial charge in [0, 0.05) is 18.2 Å². The molecule has 0 aliphatic rings. The summed E-state index contributed by atoms with van der Waals surface area (Å²) in [5.41, 5.74) is 1.22. The van der Waals surface area contributed by atoms with Crippen LogP contribution in [-0.2, 0) is 4.79 Å². The number of nitrogens with zero attached hydrogens (tertiary/aromatic N) is 4. The number of carboxylic acids is 1. The first kappa shape index (κ1) is 15.7. The highest BCUT2D eigenvalue weighted by atomic mass is 16.4. The SMILES string of the molecule is CC(C)N(CCC(=O)O)C(=O)c1cccc(-n2cncn2)c1. The largest absolute Gasteiger partial charge is 0.481 e. The van der Waals surface area contributed by atoms with E-state index in [4.69, 9.17) is 5.11 Å². The van der Waals surface area contributed by atoms with E-state index in [9.17, 15) is 9.59 Å². The van der Waals surface area contributed by atoms with Crippen LogP contribution in [0.25, 0.3) is 5.69 Å². The fraction of sp³-hybridized carbons (Fsp3) is 0.333. The molecule has 0 fully saturated rings. The predicted molar refractivity (Wildman–Crippen MR) is 79.8 cm³/mol. The minimum atomic E-state index is -0.921. The first-order valence-electron chi connectivity index (χ1n) is 6.97. The van der Waals surface area contributed by atoms with Crippen LogP contribution in [0.1, 0.15) is 30.6 Å². The Labute approximate surface area is 128 Å². The molecule has 1 aromatic heterocycles. The number of hydrogen-bond acceptors (Lipinski definition) is 4. The smallest absolute Gasteiger partial charge is 0.305 e. The van der Waals surface area contributed by atoms with Crippen LogP contribution in [0.5, 0.6) is 0 Å². The second kappa shape index (κ2) is 6.84. The van der Waals surface area contributed by atoms with Gasteiger partial charge in [0.2, 0.25) is 0 Å². The minimum absolute atomic E-state index is 0.0767. The molecule has 7 heteroatoms. The molecule has 2 aromatic rings. The van der Waals surface area contributed by atoms with Crippen LogP contribution >= 0.6 is 0 Å². The van der Waals surface area contributed by atoms with Crippen molar-refractivity contribution in [1.82, 2.24) is 19.7 Å². The van der Waals surface area contributed by atoms with Gasteiger partial charge < -0.3 is 10.0 Å². The fourth-order valence-electron chi connectivity index (χ4n) is 2.10. The van der Waals surface area contributed by atoms with E-state index in [0.717, 1.165) is 5.69 Å². The Morgan fingerprint density at radius 1 is 1.36 bits per heavy atom. The van der Waals surface area contributed by atoms with E-state index in [1.807, 2.05) is 19.9 Å². The summed E-state index contributed by atoms with van der Waals surface area (Å²) in [4.78, 5) is 28.8. The molecule has 1 amide bonds. The van der Waals surface area contributed by atoms with Crippen molar-refractivity contribution >= 4 is 11.9 Å². The molecule has 2 rings (SSSR count). The topological polar surface area (TPSA) is 88.3 Å². The second-order valence-electron chi connectivity index (χ2n) is 5.13. The number of rotatable bonds is 6. The van der Waals surface area contributed by atoms with Gasteiger partial charge in [-0.1, -0.05) is 6.07 Å². The maximum absolute atomic E-state index is 12.6. The Bertz CT molecular complexity index is 653. The van der Waals surface area contributed by atoms with Gasteiger partial charge in [0.1, 0.15) is 12.7 Å². The lowest BCUT2D eigenvalue weighted by atomic mass is 10.1. The van der Waals surface area contributed by atoms with E-state index >= 15 is 0 Å². The Morgan fingerprint density at radius 3 is 2.73 bits per heavy atom. The highest BCUT2D eigenvalue weighted by Gasteiger charge is 2.20. The number of carbonyl (C=O) groups is 2. The third-order valence-electron chi connectivity index (χ3n) is 3.23. The molecule has 0 aliphatic carbocycles.